The van der Waals surface area contributed by atoms with E-state index in [1.807, 2.05) is 24.3 Å². The van der Waals surface area contributed by atoms with Gasteiger partial charge in [0, 0.05) is 0 Å². The van der Waals surface area contributed by atoms with Crippen LogP contribution in [0.3, 0.4) is 0 Å². The van der Waals surface area contributed by atoms with Crippen molar-refractivity contribution in [3.05, 3.63) is 35.4 Å². The van der Waals surface area contributed by atoms with Crippen LogP contribution in [0, 0.1) is 5.92 Å². The number of nitrogens with one attached hydrogen (secondary N) is 1. The molecule has 0 radical (unpaired) electrons. The Hall–Kier alpha value is -1.84. The number of amides is 1. The van der Waals surface area contributed by atoms with Crippen LogP contribution in [-0.2, 0) is 22.4 Å². The molecular weight excluding hydrogens is 242 g/mol. The molecule has 0 saturated heterocycles. The molecule has 0 heterocycles. The van der Waals surface area contributed by atoms with Crippen molar-refractivity contribution in [2.75, 3.05) is 0 Å². The molecule has 0 aliphatic carbocycles. The first-order chi connectivity index (χ1) is 8.88. The Morgan fingerprint density at radius 1 is 1.11 bits per heavy atom. The quantitative estimate of drug-likeness (QED) is 0.825. The fraction of sp³-hybridized carbons (Fsp3) is 0.467. The van der Waals surface area contributed by atoms with Gasteiger partial charge in [-0.25, -0.2) is 0 Å². The Kier molecular flexibility index (Phi) is 5.55. The van der Waals surface area contributed by atoms with Gasteiger partial charge in [0.25, 0.3) is 0 Å². The van der Waals surface area contributed by atoms with Gasteiger partial charge in [-0.15, -0.1) is 0 Å². The molecule has 104 valence electrons. The van der Waals surface area contributed by atoms with Crippen molar-refractivity contribution >= 4 is 11.9 Å². The molecule has 1 atom stereocenters. The highest BCUT2D eigenvalue weighted by molar-refractivity contribution is 5.84. The molecule has 1 aromatic carbocycles. The number of hydrogen-bond acceptors (Lipinski definition) is 2. The van der Waals surface area contributed by atoms with E-state index in [9.17, 15) is 9.59 Å². The van der Waals surface area contributed by atoms with Crippen LogP contribution >= 0.6 is 0 Å². The standard InChI is InChI=1S/C15H21NO3/c1-10(2)8-12-4-6-13(7-5-12)9-14(17)16-11(3)15(18)19/h4-7,10-11H,8-9H2,1-3H3,(H,16,17)(H,18,19)/t11-/m1/s1. The number of carboxylic acids is 1. The lowest BCUT2D eigenvalue weighted by Gasteiger charge is -2.10. The van der Waals surface area contributed by atoms with E-state index >= 15 is 0 Å². The molecule has 4 nitrogen and oxygen atoms in total. The van der Waals surface area contributed by atoms with Crippen molar-refractivity contribution in [3.63, 3.8) is 0 Å². The minimum atomic E-state index is -1.03. The van der Waals surface area contributed by atoms with E-state index in [1.54, 1.807) is 0 Å². The van der Waals surface area contributed by atoms with E-state index in [1.165, 1.54) is 12.5 Å². The molecule has 0 saturated carbocycles. The summed E-state index contributed by atoms with van der Waals surface area (Å²) in [5.74, 6) is -0.697. The van der Waals surface area contributed by atoms with E-state index in [0.717, 1.165) is 12.0 Å². The average molecular weight is 263 g/mol. The number of carbonyl (C=O) groups excluding carboxylic acids is 1. The van der Waals surface area contributed by atoms with Gasteiger partial charge in [0.2, 0.25) is 5.91 Å². The molecule has 0 bridgehead atoms. The predicted octanol–water partition coefficient (Wildman–Crippen LogP) is 2.02. The number of carbonyl (C=O) groups is 2. The molecule has 4 heteroatoms. The van der Waals surface area contributed by atoms with Gasteiger partial charge in [-0.3, -0.25) is 9.59 Å². The molecule has 1 aromatic rings. The molecule has 19 heavy (non-hydrogen) atoms. The first-order valence-electron chi connectivity index (χ1n) is 6.48. The van der Waals surface area contributed by atoms with Crippen LogP contribution < -0.4 is 5.32 Å². The summed E-state index contributed by atoms with van der Waals surface area (Å²) in [6, 6.07) is 7.02. The molecule has 2 N–H and O–H groups in total. The highest BCUT2D eigenvalue weighted by atomic mass is 16.4. The average Bonchev–Trinajstić information content (AvgIpc) is 2.30. The first kappa shape index (κ1) is 15.2. The van der Waals surface area contributed by atoms with Gasteiger partial charge in [-0.1, -0.05) is 38.1 Å². The van der Waals surface area contributed by atoms with Crippen molar-refractivity contribution < 1.29 is 14.7 Å². The Morgan fingerprint density at radius 2 is 1.63 bits per heavy atom. The van der Waals surface area contributed by atoms with Gasteiger partial charge < -0.3 is 10.4 Å². The maximum Gasteiger partial charge on any atom is 0.325 e. The van der Waals surface area contributed by atoms with E-state index in [4.69, 9.17) is 5.11 Å². The summed E-state index contributed by atoms with van der Waals surface area (Å²) in [6.45, 7) is 5.77. The Morgan fingerprint density at radius 3 is 2.11 bits per heavy atom. The third kappa shape index (κ3) is 5.55. The molecular formula is C15H21NO3. The van der Waals surface area contributed by atoms with Crippen molar-refractivity contribution in [2.24, 2.45) is 5.92 Å². The van der Waals surface area contributed by atoms with Crippen LogP contribution in [0.2, 0.25) is 0 Å². The topological polar surface area (TPSA) is 66.4 Å². The van der Waals surface area contributed by atoms with Gasteiger partial charge in [0.15, 0.2) is 0 Å². The maximum absolute atomic E-state index is 11.6. The summed E-state index contributed by atoms with van der Waals surface area (Å²) in [6.07, 6.45) is 1.22. The third-order valence-corrected chi connectivity index (χ3v) is 2.78. The van der Waals surface area contributed by atoms with Crippen molar-refractivity contribution in [3.8, 4) is 0 Å². The molecule has 0 fully saturated rings. The zero-order chi connectivity index (χ0) is 14.4. The minimum absolute atomic E-state index is 0.208. The van der Waals surface area contributed by atoms with Crippen LogP contribution in [0.25, 0.3) is 0 Å². The molecule has 1 rings (SSSR count). The van der Waals surface area contributed by atoms with E-state index < -0.39 is 12.0 Å². The first-order valence-corrected chi connectivity index (χ1v) is 6.48. The number of benzene rings is 1. The second kappa shape index (κ2) is 6.92. The summed E-state index contributed by atoms with van der Waals surface area (Å²) in [7, 11) is 0. The van der Waals surface area contributed by atoms with Gasteiger partial charge in [0.1, 0.15) is 6.04 Å². The van der Waals surface area contributed by atoms with Gasteiger partial charge >= 0.3 is 5.97 Å². The zero-order valence-electron chi connectivity index (χ0n) is 11.6. The number of carboxylic acid groups (broad SMARTS) is 1. The summed E-state index contributed by atoms with van der Waals surface area (Å²) in [5.41, 5.74) is 2.14. The number of aliphatic carboxylic acids is 1. The maximum atomic E-state index is 11.6. The van der Waals surface area contributed by atoms with E-state index in [0.29, 0.717) is 5.92 Å². The predicted molar refractivity (Wildman–Crippen MR) is 73.9 cm³/mol. The summed E-state index contributed by atoms with van der Waals surface area (Å²) >= 11 is 0. The highest BCUT2D eigenvalue weighted by Crippen LogP contribution is 2.10. The van der Waals surface area contributed by atoms with E-state index in [-0.39, 0.29) is 12.3 Å². The van der Waals surface area contributed by atoms with Crippen molar-refractivity contribution in [2.45, 2.75) is 39.7 Å². The highest BCUT2D eigenvalue weighted by Gasteiger charge is 2.13. The fourth-order valence-corrected chi connectivity index (χ4v) is 1.80. The van der Waals surface area contributed by atoms with Crippen LogP contribution in [-0.4, -0.2) is 23.0 Å². The van der Waals surface area contributed by atoms with Crippen LogP contribution in [0.15, 0.2) is 24.3 Å². The summed E-state index contributed by atoms with van der Waals surface area (Å²) in [4.78, 5) is 22.2. The second-order valence-electron chi connectivity index (χ2n) is 5.22. The number of rotatable bonds is 6. The Labute approximate surface area is 113 Å². The van der Waals surface area contributed by atoms with Crippen LogP contribution in [0.5, 0.6) is 0 Å². The van der Waals surface area contributed by atoms with Crippen LogP contribution in [0.1, 0.15) is 31.9 Å². The Bertz CT molecular complexity index is 437. The molecule has 0 unspecified atom stereocenters. The largest absolute Gasteiger partial charge is 0.480 e. The Balaban J connectivity index is 2.53. The lowest BCUT2D eigenvalue weighted by atomic mass is 10.0. The van der Waals surface area contributed by atoms with Crippen molar-refractivity contribution in [1.82, 2.24) is 5.32 Å². The smallest absolute Gasteiger partial charge is 0.325 e. The van der Waals surface area contributed by atoms with E-state index in [2.05, 4.69) is 19.2 Å². The minimum Gasteiger partial charge on any atom is -0.480 e. The lowest BCUT2D eigenvalue weighted by Crippen LogP contribution is -2.39. The van der Waals surface area contributed by atoms with Crippen LogP contribution in [0.4, 0.5) is 0 Å². The molecule has 0 aromatic heterocycles. The SMILES string of the molecule is CC(C)Cc1ccc(CC(=O)N[C@H](C)C(=O)O)cc1. The fourth-order valence-electron chi connectivity index (χ4n) is 1.80. The third-order valence-electron chi connectivity index (χ3n) is 2.78. The number of hydrogen-bond donors (Lipinski definition) is 2. The molecule has 0 spiro atoms. The molecule has 0 aliphatic rings. The molecule has 0 aliphatic heterocycles. The van der Waals surface area contributed by atoms with Gasteiger partial charge in [0.05, 0.1) is 6.42 Å². The zero-order valence-corrected chi connectivity index (χ0v) is 11.6. The summed E-state index contributed by atoms with van der Waals surface area (Å²) < 4.78 is 0. The summed E-state index contributed by atoms with van der Waals surface area (Å²) in [5, 5.41) is 11.1. The van der Waals surface area contributed by atoms with Crippen molar-refractivity contribution in [1.29, 1.82) is 0 Å². The second-order valence-corrected chi connectivity index (χ2v) is 5.22. The normalized spacial score (nSPS) is 12.2. The lowest BCUT2D eigenvalue weighted by molar-refractivity contribution is -0.141. The van der Waals surface area contributed by atoms with Gasteiger partial charge in [-0.2, -0.15) is 0 Å². The monoisotopic (exact) mass is 263 g/mol. The molecule has 1 amide bonds. The van der Waals surface area contributed by atoms with Gasteiger partial charge in [-0.05, 0) is 30.4 Å².